The first-order valence-electron chi connectivity index (χ1n) is 10.2. The molecule has 0 bridgehead atoms. The van der Waals surface area contributed by atoms with Crippen molar-refractivity contribution in [1.29, 1.82) is 0 Å². The highest BCUT2D eigenvalue weighted by Gasteiger charge is 2.31. The van der Waals surface area contributed by atoms with E-state index in [0.29, 0.717) is 55.5 Å². The van der Waals surface area contributed by atoms with E-state index >= 15 is 0 Å². The van der Waals surface area contributed by atoms with Gasteiger partial charge in [0.2, 0.25) is 5.95 Å². The van der Waals surface area contributed by atoms with E-state index in [0.717, 1.165) is 16.1 Å². The Hall–Kier alpha value is -2.81. The highest BCUT2D eigenvalue weighted by atomic mass is 79.9. The molecule has 1 N–H and O–H groups in total. The van der Waals surface area contributed by atoms with E-state index in [-0.39, 0.29) is 5.56 Å². The van der Waals surface area contributed by atoms with Crippen LogP contribution in [0.25, 0.3) is 0 Å². The third-order valence-electron chi connectivity index (χ3n) is 5.62. The maximum absolute atomic E-state index is 13.0. The van der Waals surface area contributed by atoms with Gasteiger partial charge >= 0.3 is 6.18 Å². The molecule has 0 saturated carbocycles. The van der Waals surface area contributed by atoms with E-state index in [2.05, 4.69) is 25.9 Å². The van der Waals surface area contributed by atoms with E-state index in [1.54, 1.807) is 6.07 Å². The number of nitrogens with one attached hydrogen (secondary N) is 1. The molecule has 9 heteroatoms. The van der Waals surface area contributed by atoms with Gasteiger partial charge in [0.05, 0.1) is 11.3 Å². The molecule has 1 saturated heterocycles. The summed E-state index contributed by atoms with van der Waals surface area (Å²) in [6, 6.07) is 13.2. The minimum Gasteiger partial charge on any atom is -0.368 e. The molecule has 168 valence electrons. The van der Waals surface area contributed by atoms with Crippen molar-refractivity contribution in [2.75, 3.05) is 36.0 Å². The van der Waals surface area contributed by atoms with E-state index in [4.69, 9.17) is 0 Å². The topological polar surface area (TPSA) is 52.2 Å². The summed E-state index contributed by atoms with van der Waals surface area (Å²) < 4.78 is 40.0. The number of aryl methyl sites for hydroxylation is 1. The van der Waals surface area contributed by atoms with E-state index in [1.807, 2.05) is 41.0 Å². The largest absolute Gasteiger partial charge is 0.416 e. The molecule has 5 nitrogen and oxygen atoms in total. The molecular formula is C23H22BrF3N4O. The Morgan fingerprint density at radius 2 is 1.69 bits per heavy atom. The van der Waals surface area contributed by atoms with Crippen LogP contribution >= 0.6 is 15.9 Å². The molecule has 1 aliphatic rings. The number of aromatic amines is 1. The molecule has 4 rings (SSSR count). The minimum atomic E-state index is -4.36. The molecule has 1 aromatic heterocycles. The minimum absolute atomic E-state index is 0.171. The molecular weight excluding hydrogens is 485 g/mol. The monoisotopic (exact) mass is 506 g/mol. The summed E-state index contributed by atoms with van der Waals surface area (Å²) >= 11 is 3.41. The number of nitrogens with zero attached hydrogens (tertiary/aromatic N) is 3. The van der Waals surface area contributed by atoms with Crippen molar-refractivity contribution < 1.29 is 13.2 Å². The van der Waals surface area contributed by atoms with Gasteiger partial charge in [-0.05, 0) is 42.8 Å². The van der Waals surface area contributed by atoms with Crippen LogP contribution < -0.4 is 15.4 Å². The maximum Gasteiger partial charge on any atom is 0.416 e. The molecule has 0 unspecified atom stereocenters. The third-order valence-corrected chi connectivity index (χ3v) is 6.15. The smallest absolute Gasteiger partial charge is 0.368 e. The van der Waals surface area contributed by atoms with Gasteiger partial charge in [-0.25, -0.2) is 4.98 Å². The molecule has 1 fully saturated rings. The zero-order valence-electron chi connectivity index (χ0n) is 17.4. The van der Waals surface area contributed by atoms with E-state index in [1.165, 1.54) is 12.1 Å². The van der Waals surface area contributed by atoms with Crippen LogP contribution in [-0.2, 0) is 12.6 Å². The summed E-state index contributed by atoms with van der Waals surface area (Å²) in [6.45, 7) is 3.98. The number of H-pyrrole nitrogens is 1. The predicted molar refractivity (Wildman–Crippen MR) is 122 cm³/mol. The van der Waals surface area contributed by atoms with Crippen molar-refractivity contribution in [3.8, 4) is 0 Å². The van der Waals surface area contributed by atoms with Crippen molar-refractivity contribution >= 4 is 27.6 Å². The average molecular weight is 507 g/mol. The second-order valence-corrected chi connectivity index (χ2v) is 8.69. The Kier molecular flexibility index (Phi) is 6.28. The second kappa shape index (κ2) is 8.97. The molecule has 0 amide bonds. The second-order valence-electron chi connectivity index (χ2n) is 7.78. The van der Waals surface area contributed by atoms with Crippen LogP contribution in [0.3, 0.4) is 0 Å². The van der Waals surface area contributed by atoms with Crippen LogP contribution in [0.5, 0.6) is 0 Å². The van der Waals surface area contributed by atoms with Gasteiger partial charge in [0.25, 0.3) is 5.56 Å². The molecule has 32 heavy (non-hydrogen) atoms. The lowest BCUT2D eigenvalue weighted by Gasteiger charge is -2.36. The first-order chi connectivity index (χ1) is 15.2. The van der Waals surface area contributed by atoms with Gasteiger partial charge in [0.15, 0.2) is 0 Å². The SMILES string of the molecule is Cc1nc(N2CCN(c3cccc(C(F)(F)F)c3)CC2)[nH]c(=O)c1Cc1ccc(Br)cc1. The Balaban J connectivity index is 1.46. The number of hydrogen-bond acceptors (Lipinski definition) is 4. The summed E-state index contributed by atoms with van der Waals surface area (Å²) in [4.78, 5) is 24.1. The zero-order valence-corrected chi connectivity index (χ0v) is 19.0. The first kappa shape index (κ1) is 22.4. The van der Waals surface area contributed by atoms with Crippen molar-refractivity contribution in [3.63, 3.8) is 0 Å². The van der Waals surface area contributed by atoms with Gasteiger partial charge in [0.1, 0.15) is 0 Å². The normalized spacial score (nSPS) is 14.7. The Morgan fingerprint density at radius 1 is 1.03 bits per heavy atom. The van der Waals surface area contributed by atoms with Gasteiger partial charge in [-0.15, -0.1) is 0 Å². The number of anilines is 2. The fraction of sp³-hybridized carbons (Fsp3) is 0.304. The van der Waals surface area contributed by atoms with Crippen molar-refractivity contribution in [1.82, 2.24) is 9.97 Å². The average Bonchev–Trinajstić information content (AvgIpc) is 2.77. The predicted octanol–water partition coefficient (Wildman–Crippen LogP) is 4.78. The molecule has 0 aliphatic carbocycles. The lowest BCUT2D eigenvalue weighted by Crippen LogP contribution is -2.47. The number of piperazine rings is 1. The lowest BCUT2D eigenvalue weighted by atomic mass is 10.1. The first-order valence-corrected chi connectivity index (χ1v) is 11.0. The fourth-order valence-electron chi connectivity index (χ4n) is 3.82. The summed E-state index contributed by atoms with van der Waals surface area (Å²) in [5.41, 5.74) is 2.04. The molecule has 0 radical (unpaired) electrons. The summed E-state index contributed by atoms with van der Waals surface area (Å²) in [7, 11) is 0. The molecule has 3 aromatic rings. The number of halogens is 4. The van der Waals surface area contributed by atoms with E-state index in [9.17, 15) is 18.0 Å². The van der Waals surface area contributed by atoms with E-state index < -0.39 is 11.7 Å². The Bertz CT molecular complexity index is 1150. The van der Waals surface area contributed by atoms with Gasteiger partial charge in [-0.3, -0.25) is 9.78 Å². The molecule has 2 aromatic carbocycles. The number of alkyl halides is 3. The van der Waals surface area contributed by atoms with Gasteiger partial charge in [-0.2, -0.15) is 13.2 Å². The van der Waals surface area contributed by atoms with Crippen LogP contribution in [0, 0.1) is 6.92 Å². The van der Waals surface area contributed by atoms with Crippen molar-refractivity contribution in [2.45, 2.75) is 19.5 Å². The number of benzene rings is 2. The maximum atomic E-state index is 13.0. The molecule has 1 aliphatic heterocycles. The fourth-order valence-corrected chi connectivity index (χ4v) is 4.08. The standard InChI is InChI=1S/C23H22BrF3N4O/c1-15-20(13-16-5-7-18(24)8-6-16)21(32)29-22(28-15)31-11-9-30(10-12-31)19-4-2-3-17(14-19)23(25,26)27/h2-8,14H,9-13H2,1H3,(H,28,29,32). The zero-order chi connectivity index (χ0) is 22.9. The number of aromatic nitrogens is 2. The highest BCUT2D eigenvalue weighted by Crippen LogP contribution is 2.32. The van der Waals surface area contributed by atoms with Crippen molar-refractivity contribution in [2.24, 2.45) is 0 Å². The van der Waals surface area contributed by atoms with Gasteiger partial charge in [-0.1, -0.05) is 34.1 Å². The summed E-state index contributed by atoms with van der Waals surface area (Å²) in [5, 5.41) is 0. The summed E-state index contributed by atoms with van der Waals surface area (Å²) in [5.74, 6) is 0.496. The van der Waals surface area contributed by atoms with Crippen LogP contribution in [-0.4, -0.2) is 36.1 Å². The lowest BCUT2D eigenvalue weighted by molar-refractivity contribution is -0.137. The quantitative estimate of drug-likeness (QED) is 0.553. The number of rotatable bonds is 4. The van der Waals surface area contributed by atoms with Crippen LogP contribution in [0.15, 0.2) is 57.8 Å². The summed E-state index contributed by atoms with van der Waals surface area (Å²) in [6.07, 6.45) is -3.87. The van der Waals surface area contributed by atoms with Crippen LogP contribution in [0.4, 0.5) is 24.8 Å². The van der Waals surface area contributed by atoms with Gasteiger partial charge in [0, 0.05) is 48.3 Å². The Morgan fingerprint density at radius 3 is 2.31 bits per heavy atom. The number of hydrogen-bond donors (Lipinski definition) is 1. The molecule has 2 heterocycles. The third kappa shape index (κ3) is 4.98. The molecule has 0 spiro atoms. The van der Waals surface area contributed by atoms with Crippen LogP contribution in [0.1, 0.15) is 22.4 Å². The Labute approximate surface area is 192 Å². The van der Waals surface area contributed by atoms with Crippen LogP contribution in [0.2, 0.25) is 0 Å². The van der Waals surface area contributed by atoms with Gasteiger partial charge < -0.3 is 9.80 Å². The van der Waals surface area contributed by atoms with Crippen molar-refractivity contribution in [3.05, 3.63) is 85.7 Å². The highest BCUT2D eigenvalue weighted by molar-refractivity contribution is 9.10. The molecule has 0 atom stereocenters.